The van der Waals surface area contributed by atoms with Gasteiger partial charge in [0.2, 0.25) is 0 Å². The number of aliphatic carboxylic acids is 1. The molecule has 7 heteroatoms. The number of rotatable bonds is 4. The highest BCUT2D eigenvalue weighted by Crippen LogP contribution is 2.22. The second kappa shape index (κ2) is 6.34. The van der Waals surface area contributed by atoms with Crippen molar-refractivity contribution in [1.29, 1.82) is 0 Å². The van der Waals surface area contributed by atoms with Crippen molar-refractivity contribution in [3.05, 3.63) is 39.9 Å². The van der Waals surface area contributed by atoms with Crippen LogP contribution in [-0.2, 0) is 4.79 Å². The molecule has 1 heterocycles. The number of amides is 1. The number of piperidine rings is 1. The fourth-order valence-corrected chi connectivity index (χ4v) is 2.52. The number of carbonyl (C=O) groups excluding carboxylic acids is 1. The predicted octanol–water partition coefficient (Wildman–Crippen LogP) is 1.92. The van der Waals surface area contributed by atoms with E-state index in [-0.39, 0.29) is 23.9 Å². The normalized spacial score (nSPS) is 15.7. The lowest BCUT2D eigenvalue weighted by Gasteiger charge is -2.31. The molecule has 1 fully saturated rings. The van der Waals surface area contributed by atoms with E-state index in [0.29, 0.717) is 31.5 Å². The van der Waals surface area contributed by atoms with Crippen LogP contribution in [-0.4, -0.2) is 39.9 Å². The van der Waals surface area contributed by atoms with Gasteiger partial charge in [0.05, 0.1) is 4.92 Å². The van der Waals surface area contributed by atoms with E-state index in [0.717, 1.165) is 0 Å². The van der Waals surface area contributed by atoms with Gasteiger partial charge in [-0.1, -0.05) is 6.07 Å². The number of carboxylic acids is 1. The molecule has 1 aliphatic heterocycles. The summed E-state index contributed by atoms with van der Waals surface area (Å²) in [6.45, 7) is 0.971. The molecular weight excluding hydrogens is 276 g/mol. The van der Waals surface area contributed by atoms with E-state index in [1.807, 2.05) is 0 Å². The molecule has 0 spiro atoms. The molecule has 112 valence electrons. The van der Waals surface area contributed by atoms with Crippen LogP contribution in [0.5, 0.6) is 0 Å². The first-order valence-electron chi connectivity index (χ1n) is 6.73. The zero-order valence-corrected chi connectivity index (χ0v) is 11.4. The molecule has 1 N–H and O–H groups in total. The topological polar surface area (TPSA) is 101 Å². The molecule has 0 bridgehead atoms. The highest BCUT2D eigenvalue weighted by Gasteiger charge is 2.25. The van der Waals surface area contributed by atoms with Gasteiger partial charge in [-0.2, -0.15) is 0 Å². The van der Waals surface area contributed by atoms with Gasteiger partial charge in [0.15, 0.2) is 0 Å². The highest BCUT2D eigenvalue weighted by atomic mass is 16.6. The highest BCUT2D eigenvalue weighted by molar-refractivity contribution is 5.94. The smallest absolute Gasteiger partial charge is 0.303 e. The summed E-state index contributed by atoms with van der Waals surface area (Å²) in [5.74, 6) is -0.970. The van der Waals surface area contributed by atoms with E-state index in [2.05, 4.69) is 0 Å². The molecule has 0 radical (unpaired) electrons. The minimum Gasteiger partial charge on any atom is -0.481 e. The molecule has 0 atom stereocenters. The van der Waals surface area contributed by atoms with Crippen LogP contribution in [0.2, 0.25) is 0 Å². The van der Waals surface area contributed by atoms with Crippen LogP contribution >= 0.6 is 0 Å². The molecule has 0 aromatic heterocycles. The molecule has 0 unspecified atom stereocenters. The van der Waals surface area contributed by atoms with Gasteiger partial charge in [-0.25, -0.2) is 0 Å². The molecule has 1 saturated heterocycles. The van der Waals surface area contributed by atoms with E-state index in [4.69, 9.17) is 5.11 Å². The Morgan fingerprint density at radius 2 is 2.00 bits per heavy atom. The zero-order chi connectivity index (χ0) is 15.4. The summed E-state index contributed by atoms with van der Waals surface area (Å²) < 4.78 is 0. The van der Waals surface area contributed by atoms with Crippen molar-refractivity contribution in [2.75, 3.05) is 13.1 Å². The quantitative estimate of drug-likeness (QED) is 0.675. The van der Waals surface area contributed by atoms with Gasteiger partial charge in [-0.05, 0) is 24.8 Å². The summed E-state index contributed by atoms with van der Waals surface area (Å²) in [7, 11) is 0. The summed E-state index contributed by atoms with van der Waals surface area (Å²) >= 11 is 0. The number of carboxylic acid groups (broad SMARTS) is 1. The van der Waals surface area contributed by atoms with E-state index in [9.17, 15) is 19.7 Å². The number of hydrogen-bond acceptors (Lipinski definition) is 4. The summed E-state index contributed by atoms with van der Waals surface area (Å²) in [5, 5.41) is 19.5. The summed E-state index contributed by atoms with van der Waals surface area (Å²) in [5.41, 5.74) is 0.183. The van der Waals surface area contributed by atoms with Gasteiger partial charge in [-0.15, -0.1) is 0 Å². The number of nitro groups is 1. The molecule has 7 nitrogen and oxygen atoms in total. The lowest BCUT2D eigenvalue weighted by molar-refractivity contribution is -0.384. The van der Waals surface area contributed by atoms with E-state index in [1.165, 1.54) is 18.2 Å². The third kappa shape index (κ3) is 3.77. The van der Waals surface area contributed by atoms with Gasteiger partial charge in [0.25, 0.3) is 11.6 Å². The van der Waals surface area contributed by atoms with Crippen molar-refractivity contribution in [2.24, 2.45) is 5.92 Å². The maximum atomic E-state index is 12.3. The van der Waals surface area contributed by atoms with Crippen LogP contribution in [0.15, 0.2) is 24.3 Å². The Morgan fingerprint density at radius 3 is 2.57 bits per heavy atom. The maximum absolute atomic E-state index is 12.3. The van der Waals surface area contributed by atoms with Crippen molar-refractivity contribution < 1.29 is 19.6 Å². The van der Waals surface area contributed by atoms with E-state index >= 15 is 0 Å². The van der Waals surface area contributed by atoms with Crippen LogP contribution in [0.4, 0.5) is 5.69 Å². The Labute approximate surface area is 121 Å². The lowest BCUT2D eigenvalue weighted by atomic mass is 9.93. The number of nitro benzene ring substituents is 1. The second-order valence-electron chi connectivity index (χ2n) is 5.14. The molecule has 0 aliphatic carbocycles. The molecule has 0 saturated carbocycles. The zero-order valence-electron chi connectivity index (χ0n) is 11.4. The van der Waals surface area contributed by atoms with Crippen molar-refractivity contribution in [2.45, 2.75) is 19.3 Å². The largest absolute Gasteiger partial charge is 0.481 e. The molecule has 2 rings (SSSR count). The Kier molecular flexibility index (Phi) is 4.52. The van der Waals surface area contributed by atoms with Gasteiger partial charge in [0.1, 0.15) is 0 Å². The fourth-order valence-electron chi connectivity index (χ4n) is 2.52. The van der Waals surface area contributed by atoms with Gasteiger partial charge >= 0.3 is 5.97 Å². The predicted molar refractivity (Wildman–Crippen MR) is 74.0 cm³/mol. The first-order chi connectivity index (χ1) is 9.97. The van der Waals surface area contributed by atoms with Crippen LogP contribution in [0, 0.1) is 16.0 Å². The summed E-state index contributed by atoms with van der Waals surface area (Å²) in [6.07, 6.45) is 1.42. The lowest BCUT2D eigenvalue weighted by Crippen LogP contribution is -2.38. The minimum atomic E-state index is -0.821. The van der Waals surface area contributed by atoms with Crippen LogP contribution in [0.1, 0.15) is 29.6 Å². The number of hydrogen-bond donors (Lipinski definition) is 1. The van der Waals surface area contributed by atoms with Crippen molar-refractivity contribution in [3.8, 4) is 0 Å². The Hall–Kier alpha value is -2.44. The molecule has 1 aliphatic rings. The molecule has 1 aromatic rings. The van der Waals surface area contributed by atoms with Crippen LogP contribution in [0.3, 0.4) is 0 Å². The second-order valence-corrected chi connectivity index (χ2v) is 5.14. The first kappa shape index (κ1) is 15.0. The number of carbonyl (C=O) groups is 2. The average Bonchev–Trinajstić information content (AvgIpc) is 2.47. The number of benzene rings is 1. The molecule has 21 heavy (non-hydrogen) atoms. The van der Waals surface area contributed by atoms with Crippen LogP contribution in [0.25, 0.3) is 0 Å². The van der Waals surface area contributed by atoms with Gasteiger partial charge in [-0.3, -0.25) is 19.7 Å². The summed E-state index contributed by atoms with van der Waals surface area (Å²) in [6, 6.07) is 5.66. The fraction of sp³-hybridized carbons (Fsp3) is 0.429. The Bertz CT molecular complexity index is 564. The van der Waals surface area contributed by atoms with Gasteiger partial charge < -0.3 is 10.0 Å². The standard InChI is InChI=1S/C14H16N2O5/c17-13(18)8-10-4-6-15(7-5-10)14(19)11-2-1-3-12(9-11)16(20)21/h1-3,9-10H,4-8H2,(H,17,18). The Balaban J connectivity index is 2.00. The third-order valence-corrected chi connectivity index (χ3v) is 3.67. The number of non-ortho nitro benzene ring substituents is 1. The first-order valence-corrected chi connectivity index (χ1v) is 6.73. The van der Waals surface area contributed by atoms with Crippen molar-refractivity contribution in [3.63, 3.8) is 0 Å². The third-order valence-electron chi connectivity index (χ3n) is 3.67. The van der Waals surface area contributed by atoms with E-state index in [1.54, 1.807) is 11.0 Å². The van der Waals surface area contributed by atoms with E-state index < -0.39 is 10.9 Å². The SMILES string of the molecule is O=C(O)CC1CCN(C(=O)c2cccc([N+](=O)[O-])c2)CC1. The number of likely N-dealkylation sites (tertiary alicyclic amines) is 1. The van der Waals surface area contributed by atoms with Gasteiger partial charge in [0, 0.05) is 37.2 Å². The number of nitrogens with zero attached hydrogens (tertiary/aromatic N) is 2. The monoisotopic (exact) mass is 292 g/mol. The van der Waals surface area contributed by atoms with Crippen LogP contribution < -0.4 is 0 Å². The van der Waals surface area contributed by atoms with Crippen molar-refractivity contribution in [1.82, 2.24) is 4.90 Å². The van der Waals surface area contributed by atoms with Crippen molar-refractivity contribution >= 4 is 17.6 Å². The molecule has 1 amide bonds. The molecular formula is C14H16N2O5. The maximum Gasteiger partial charge on any atom is 0.303 e. The average molecular weight is 292 g/mol. The minimum absolute atomic E-state index is 0.0941. The molecule has 1 aromatic carbocycles. The summed E-state index contributed by atoms with van der Waals surface area (Å²) in [4.78, 5) is 34.8. The Morgan fingerprint density at radius 1 is 1.33 bits per heavy atom.